The normalized spacial score (nSPS) is 19.2. The van der Waals surface area contributed by atoms with Crippen molar-refractivity contribution >= 4 is 5.91 Å². The maximum atomic E-state index is 11.0. The van der Waals surface area contributed by atoms with Crippen LogP contribution in [-0.4, -0.2) is 30.6 Å². The molecule has 1 aliphatic heterocycles. The van der Waals surface area contributed by atoms with E-state index in [1.807, 2.05) is 19.1 Å². The number of carbonyl (C=O) groups is 1. The number of carbonyl (C=O) groups excluding carboxylic acids is 1. The molecule has 17 heavy (non-hydrogen) atoms. The Morgan fingerprint density at radius 2 is 2.41 bits per heavy atom. The molecule has 1 fully saturated rings. The third kappa shape index (κ3) is 3.17. The molecule has 0 spiro atoms. The Morgan fingerprint density at radius 1 is 1.59 bits per heavy atom. The van der Waals surface area contributed by atoms with Gasteiger partial charge >= 0.3 is 0 Å². The van der Waals surface area contributed by atoms with E-state index >= 15 is 0 Å². The summed E-state index contributed by atoms with van der Waals surface area (Å²) in [6.45, 7) is 3.28. The molecule has 0 bridgehead atoms. The van der Waals surface area contributed by atoms with Crippen LogP contribution in [-0.2, 0) is 11.3 Å². The highest BCUT2D eigenvalue weighted by Gasteiger charge is 2.20. The molecule has 0 radical (unpaired) electrons. The Morgan fingerprint density at radius 3 is 3.06 bits per heavy atom. The zero-order valence-electron chi connectivity index (χ0n) is 10.1. The van der Waals surface area contributed by atoms with Gasteiger partial charge in [-0.25, -0.2) is 0 Å². The fourth-order valence-corrected chi connectivity index (χ4v) is 1.91. The number of hydrogen-bond acceptors (Lipinski definition) is 4. The lowest BCUT2D eigenvalue weighted by Gasteiger charge is -2.11. The van der Waals surface area contributed by atoms with E-state index in [-0.39, 0.29) is 11.9 Å². The summed E-state index contributed by atoms with van der Waals surface area (Å²) in [4.78, 5) is 15.4. The minimum atomic E-state index is 0.109. The van der Waals surface area contributed by atoms with Crippen molar-refractivity contribution in [3.05, 3.63) is 23.5 Å². The number of rotatable bonds is 4. The summed E-state index contributed by atoms with van der Waals surface area (Å²) in [7, 11) is 1.64. The van der Waals surface area contributed by atoms with Gasteiger partial charge < -0.3 is 15.4 Å². The summed E-state index contributed by atoms with van der Waals surface area (Å²) in [5, 5.41) is 6.10. The topological polar surface area (TPSA) is 63.2 Å². The van der Waals surface area contributed by atoms with Crippen LogP contribution in [0, 0.1) is 6.92 Å². The van der Waals surface area contributed by atoms with Crippen molar-refractivity contribution in [2.75, 3.05) is 13.7 Å². The van der Waals surface area contributed by atoms with Gasteiger partial charge in [-0.2, -0.15) is 0 Å². The minimum Gasteiger partial charge on any atom is -0.497 e. The summed E-state index contributed by atoms with van der Waals surface area (Å²) in [5.41, 5.74) is 1.86. The maximum Gasteiger partial charge on any atom is 0.221 e. The number of nitrogens with zero attached hydrogens (tertiary/aromatic N) is 1. The largest absolute Gasteiger partial charge is 0.497 e. The first-order valence-corrected chi connectivity index (χ1v) is 5.69. The first-order valence-electron chi connectivity index (χ1n) is 5.69. The molecule has 1 saturated heterocycles. The van der Waals surface area contributed by atoms with Crippen molar-refractivity contribution in [2.45, 2.75) is 25.9 Å². The summed E-state index contributed by atoms with van der Waals surface area (Å²) in [5.74, 6) is 0.923. The van der Waals surface area contributed by atoms with Gasteiger partial charge in [0.25, 0.3) is 0 Å². The fraction of sp³-hybridized carbons (Fsp3) is 0.500. The van der Waals surface area contributed by atoms with E-state index in [0.717, 1.165) is 17.1 Å². The van der Waals surface area contributed by atoms with Gasteiger partial charge in [-0.1, -0.05) is 0 Å². The molecule has 5 nitrogen and oxygen atoms in total. The third-order valence-electron chi connectivity index (χ3n) is 2.76. The van der Waals surface area contributed by atoms with Crippen molar-refractivity contribution in [1.29, 1.82) is 0 Å². The van der Waals surface area contributed by atoms with Gasteiger partial charge in [0.15, 0.2) is 0 Å². The Hall–Kier alpha value is -1.62. The lowest BCUT2D eigenvalue weighted by Crippen LogP contribution is -2.30. The van der Waals surface area contributed by atoms with Gasteiger partial charge in [0.1, 0.15) is 5.75 Å². The lowest BCUT2D eigenvalue weighted by atomic mass is 10.2. The van der Waals surface area contributed by atoms with E-state index in [1.54, 1.807) is 7.11 Å². The van der Waals surface area contributed by atoms with Gasteiger partial charge in [-0.05, 0) is 6.92 Å². The molecule has 1 aromatic rings. The molecule has 0 saturated carbocycles. The van der Waals surface area contributed by atoms with Gasteiger partial charge in [0.05, 0.1) is 12.8 Å². The molecular weight excluding hydrogens is 218 g/mol. The average Bonchev–Trinajstić information content (AvgIpc) is 2.72. The van der Waals surface area contributed by atoms with Gasteiger partial charge in [0.2, 0.25) is 5.91 Å². The monoisotopic (exact) mass is 235 g/mol. The van der Waals surface area contributed by atoms with Crippen molar-refractivity contribution < 1.29 is 9.53 Å². The van der Waals surface area contributed by atoms with E-state index in [2.05, 4.69) is 15.6 Å². The van der Waals surface area contributed by atoms with Crippen molar-refractivity contribution in [3.63, 3.8) is 0 Å². The van der Waals surface area contributed by atoms with Crippen LogP contribution in [0.2, 0.25) is 0 Å². The molecule has 1 atom stereocenters. The van der Waals surface area contributed by atoms with Crippen molar-refractivity contribution in [3.8, 4) is 5.75 Å². The number of pyridine rings is 1. The predicted octanol–water partition coefficient (Wildman–Crippen LogP) is 0.377. The van der Waals surface area contributed by atoms with Crippen LogP contribution in [0.25, 0.3) is 0 Å². The van der Waals surface area contributed by atoms with E-state index in [1.165, 1.54) is 0 Å². The maximum absolute atomic E-state index is 11.0. The number of amides is 1. The highest BCUT2D eigenvalue weighted by atomic mass is 16.5. The molecular formula is C12H17N3O2. The van der Waals surface area contributed by atoms with Crippen LogP contribution in [0.1, 0.15) is 17.8 Å². The van der Waals surface area contributed by atoms with Crippen LogP contribution < -0.4 is 15.4 Å². The van der Waals surface area contributed by atoms with Gasteiger partial charge in [-0.15, -0.1) is 0 Å². The SMILES string of the molecule is COc1cc(C)nc(CNC2CNC(=O)C2)c1. The van der Waals surface area contributed by atoms with E-state index in [9.17, 15) is 4.79 Å². The Balaban J connectivity index is 1.94. The van der Waals surface area contributed by atoms with Crippen LogP contribution >= 0.6 is 0 Å². The molecule has 2 rings (SSSR count). The second-order valence-corrected chi connectivity index (χ2v) is 4.23. The molecule has 0 aromatic carbocycles. The van der Waals surface area contributed by atoms with E-state index < -0.39 is 0 Å². The third-order valence-corrected chi connectivity index (χ3v) is 2.76. The quantitative estimate of drug-likeness (QED) is 0.792. The Kier molecular flexibility index (Phi) is 3.58. The smallest absolute Gasteiger partial charge is 0.221 e. The number of nitrogens with one attached hydrogen (secondary N) is 2. The average molecular weight is 235 g/mol. The summed E-state index contributed by atoms with van der Waals surface area (Å²) >= 11 is 0. The summed E-state index contributed by atoms with van der Waals surface area (Å²) in [6.07, 6.45) is 0.545. The highest BCUT2D eigenvalue weighted by Crippen LogP contribution is 2.13. The number of methoxy groups -OCH3 is 1. The second-order valence-electron chi connectivity index (χ2n) is 4.23. The minimum absolute atomic E-state index is 0.109. The Bertz CT molecular complexity index is 420. The van der Waals surface area contributed by atoms with Gasteiger partial charge in [0, 0.05) is 43.4 Å². The first-order chi connectivity index (χ1) is 8.17. The second kappa shape index (κ2) is 5.14. The molecule has 1 unspecified atom stereocenters. The van der Waals surface area contributed by atoms with Crippen LogP contribution in [0.5, 0.6) is 5.75 Å². The lowest BCUT2D eigenvalue weighted by molar-refractivity contribution is -0.119. The highest BCUT2D eigenvalue weighted by molar-refractivity contribution is 5.78. The summed E-state index contributed by atoms with van der Waals surface area (Å²) < 4.78 is 5.19. The van der Waals surface area contributed by atoms with Crippen LogP contribution in [0.3, 0.4) is 0 Å². The molecule has 1 amide bonds. The molecule has 5 heteroatoms. The van der Waals surface area contributed by atoms with Crippen molar-refractivity contribution in [2.24, 2.45) is 0 Å². The van der Waals surface area contributed by atoms with Gasteiger partial charge in [-0.3, -0.25) is 9.78 Å². The van der Waals surface area contributed by atoms with E-state index in [0.29, 0.717) is 19.5 Å². The number of hydrogen-bond donors (Lipinski definition) is 2. The first kappa shape index (κ1) is 11.9. The Labute approximate surface area is 101 Å². The van der Waals surface area contributed by atoms with Crippen LogP contribution in [0.15, 0.2) is 12.1 Å². The van der Waals surface area contributed by atoms with Crippen LogP contribution in [0.4, 0.5) is 0 Å². The number of ether oxygens (including phenoxy) is 1. The molecule has 1 aliphatic rings. The zero-order chi connectivity index (χ0) is 12.3. The molecule has 0 aliphatic carbocycles. The predicted molar refractivity (Wildman–Crippen MR) is 63.8 cm³/mol. The molecule has 92 valence electrons. The molecule has 2 N–H and O–H groups in total. The molecule has 2 heterocycles. The van der Waals surface area contributed by atoms with E-state index in [4.69, 9.17) is 4.74 Å². The molecule has 1 aromatic heterocycles. The summed E-state index contributed by atoms with van der Waals surface area (Å²) in [6, 6.07) is 4.00. The number of aromatic nitrogens is 1. The standard InChI is InChI=1S/C12H17N3O2/c1-8-3-11(17-2)4-10(15-8)7-13-9-5-12(16)14-6-9/h3-4,9,13H,5-7H2,1-2H3,(H,14,16). The van der Waals surface area contributed by atoms with Crippen molar-refractivity contribution in [1.82, 2.24) is 15.6 Å². The fourth-order valence-electron chi connectivity index (χ4n) is 1.91. The number of aryl methyl sites for hydroxylation is 1. The zero-order valence-corrected chi connectivity index (χ0v) is 10.1.